The number of carbonyl (C=O) groups excluding carboxylic acids is 2. The van der Waals surface area contributed by atoms with Gasteiger partial charge in [0.15, 0.2) is 11.5 Å². The van der Waals surface area contributed by atoms with Crippen LogP contribution in [0, 0.1) is 5.92 Å². The van der Waals surface area contributed by atoms with Crippen molar-refractivity contribution < 1.29 is 27.5 Å². The Morgan fingerprint density at radius 3 is 2.53 bits per heavy atom. The molecule has 1 atom stereocenters. The molecule has 180 valence electrons. The van der Waals surface area contributed by atoms with Crippen molar-refractivity contribution in [2.75, 3.05) is 43.1 Å². The zero-order valence-electron chi connectivity index (χ0n) is 18.7. The van der Waals surface area contributed by atoms with Crippen LogP contribution in [0.15, 0.2) is 47.4 Å². The van der Waals surface area contributed by atoms with Crippen molar-refractivity contribution in [3.63, 3.8) is 0 Å². The van der Waals surface area contributed by atoms with Crippen molar-refractivity contribution in [3.05, 3.63) is 42.5 Å². The summed E-state index contributed by atoms with van der Waals surface area (Å²) in [5, 5.41) is 2.80. The summed E-state index contributed by atoms with van der Waals surface area (Å²) >= 11 is 0. The smallest absolute Gasteiger partial charge is 0.243 e. The van der Waals surface area contributed by atoms with Gasteiger partial charge in [0, 0.05) is 43.5 Å². The number of nitrogens with zero attached hydrogens (tertiary/aromatic N) is 2. The summed E-state index contributed by atoms with van der Waals surface area (Å²) in [6.07, 6.45) is 2.81. The lowest BCUT2D eigenvalue weighted by Crippen LogP contribution is -2.35. The van der Waals surface area contributed by atoms with E-state index >= 15 is 0 Å². The molecule has 10 heteroatoms. The molecule has 0 aromatic heterocycles. The van der Waals surface area contributed by atoms with Crippen LogP contribution in [-0.4, -0.2) is 57.4 Å². The minimum atomic E-state index is -3.60. The number of ether oxygens (including phenoxy) is 2. The van der Waals surface area contributed by atoms with Gasteiger partial charge in [0.25, 0.3) is 0 Å². The summed E-state index contributed by atoms with van der Waals surface area (Å²) < 4.78 is 38.6. The second kappa shape index (κ2) is 9.27. The predicted octanol–water partition coefficient (Wildman–Crippen LogP) is 2.62. The molecule has 3 aliphatic heterocycles. The molecule has 3 aliphatic rings. The summed E-state index contributed by atoms with van der Waals surface area (Å²) in [5.41, 5.74) is 1.05. The SMILES string of the molecule is O=C(Nc1cccc(S(=O)(=O)N2CCCCC2)c1)[C@@H]1CC(=O)N(c2ccc3c(c2)OCCO3)C1. The van der Waals surface area contributed by atoms with Crippen molar-refractivity contribution in [3.8, 4) is 11.5 Å². The molecule has 9 nitrogen and oxygen atoms in total. The number of benzene rings is 2. The minimum Gasteiger partial charge on any atom is -0.486 e. The number of hydrogen-bond acceptors (Lipinski definition) is 6. The zero-order valence-corrected chi connectivity index (χ0v) is 19.6. The molecular weight excluding hydrogens is 458 g/mol. The van der Waals surface area contributed by atoms with Crippen LogP contribution >= 0.6 is 0 Å². The third-order valence-electron chi connectivity index (χ3n) is 6.39. The quantitative estimate of drug-likeness (QED) is 0.698. The summed E-state index contributed by atoms with van der Waals surface area (Å²) in [6, 6.07) is 11.6. The molecule has 3 heterocycles. The lowest BCUT2D eigenvalue weighted by molar-refractivity contribution is -0.122. The number of nitrogens with one attached hydrogen (secondary N) is 1. The topological polar surface area (TPSA) is 105 Å². The molecule has 0 aliphatic carbocycles. The van der Waals surface area contributed by atoms with Crippen LogP contribution in [0.5, 0.6) is 11.5 Å². The Morgan fingerprint density at radius 2 is 1.74 bits per heavy atom. The van der Waals surface area contributed by atoms with E-state index in [1.807, 2.05) is 0 Å². The molecule has 2 saturated heterocycles. The van der Waals surface area contributed by atoms with Gasteiger partial charge in [0.1, 0.15) is 13.2 Å². The van der Waals surface area contributed by atoms with Crippen molar-refractivity contribution in [1.29, 1.82) is 0 Å². The van der Waals surface area contributed by atoms with E-state index in [2.05, 4.69) is 5.32 Å². The second-order valence-corrected chi connectivity index (χ2v) is 10.7. The lowest BCUT2D eigenvalue weighted by Gasteiger charge is -2.26. The van der Waals surface area contributed by atoms with Gasteiger partial charge in [-0.05, 0) is 43.2 Å². The van der Waals surface area contributed by atoms with Crippen LogP contribution in [0.2, 0.25) is 0 Å². The fourth-order valence-corrected chi connectivity index (χ4v) is 6.13. The molecule has 2 aromatic rings. The molecule has 0 radical (unpaired) electrons. The molecule has 2 amide bonds. The van der Waals surface area contributed by atoms with Crippen LogP contribution < -0.4 is 19.7 Å². The Hall–Kier alpha value is -3.11. The van der Waals surface area contributed by atoms with E-state index in [0.717, 1.165) is 19.3 Å². The number of carbonyl (C=O) groups is 2. The molecule has 5 rings (SSSR count). The van der Waals surface area contributed by atoms with Gasteiger partial charge >= 0.3 is 0 Å². The summed E-state index contributed by atoms with van der Waals surface area (Å²) in [7, 11) is -3.60. The number of sulfonamides is 1. The van der Waals surface area contributed by atoms with Crippen molar-refractivity contribution in [1.82, 2.24) is 4.31 Å². The molecule has 34 heavy (non-hydrogen) atoms. The van der Waals surface area contributed by atoms with Crippen molar-refractivity contribution in [2.45, 2.75) is 30.6 Å². The van der Waals surface area contributed by atoms with E-state index in [-0.39, 0.29) is 29.7 Å². The van der Waals surface area contributed by atoms with Crippen LogP contribution in [0.25, 0.3) is 0 Å². The Bertz CT molecular complexity index is 1210. The van der Waals surface area contributed by atoms with Crippen LogP contribution in [0.1, 0.15) is 25.7 Å². The molecule has 0 unspecified atom stereocenters. The van der Waals surface area contributed by atoms with Gasteiger partial charge in [-0.2, -0.15) is 4.31 Å². The highest BCUT2D eigenvalue weighted by Gasteiger charge is 2.36. The number of rotatable bonds is 5. The maximum Gasteiger partial charge on any atom is 0.243 e. The third-order valence-corrected chi connectivity index (χ3v) is 8.28. The molecular formula is C24H27N3O6S. The van der Waals surface area contributed by atoms with Gasteiger partial charge in [-0.1, -0.05) is 12.5 Å². The molecule has 0 spiro atoms. The van der Waals surface area contributed by atoms with Crippen LogP contribution in [0.4, 0.5) is 11.4 Å². The Morgan fingerprint density at radius 1 is 0.971 bits per heavy atom. The van der Waals surface area contributed by atoms with Crippen LogP contribution in [-0.2, 0) is 19.6 Å². The van der Waals surface area contributed by atoms with E-state index in [0.29, 0.717) is 49.2 Å². The highest BCUT2D eigenvalue weighted by molar-refractivity contribution is 7.89. The summed E-state index contributed by atoms with van der Waals surface area (Å²) in [5.74, 6) is 0.189. The first kappa shape index (κ1) is 22.7. The zero-order chi connectivity index (χ0) is 23.7. The number of amides is 2. The van der Waals surface area contributed by atoms with Gasteiger partial charge < -0.3 is 19.7 Å². The van der Waals surface area contributed by atoms with Gasteiger partial charge in [0.05, 0.1) is 10.8 Å². The molecule has 0 bridgehead atoms. The number of hydrogen-bond donors (Lipinski definition) is 1. The minimum absolute atomic E-state index is 0.0754. The maximum absolute atomic E-state index is 13.0. The number of fused-ring (bicyclic) bond motifs is 1. The van der Waals surface area contributed by atoms with Crippen LogP contribution in [0.3, 0.4) is 0 Å². The first-order valence-corrected chi connectivity index (χ1v) is 13.0. The normalized spacial score (nSPS) is 20.9. The predicted molar refractivity (Wildman–Crippen MR) is 126 cm³/mol. The fraction of sp³-hybridized carbons (Fsp3) is 0.417. The fourth-order valence-electron chi connectivity index (χ4n) is 4.57. The first-order valence-electron chi connectivity index (χ1n) is 11.5. The Labute approximate surface area is 198 Å². The van der Waals surface area contributed by atoms with E-state index in [4.69, 9.17) is 9.47 Å². The third kappa shape index (κ3) is 4.47. The average molecular weight is 486 g/mol. The van der Waals surface area contributed by atoms with E-state index in [9.17, 15) is 18.0 Å². The standard InChI is InChI=1S/C24H27N3O6S/c28-23-13-17(16-27(23)19-7-8-21-22(15-19)33-12-11-32-21)24(29)25-18-5-4-6-20(14-18)34(30,31)26-9-2-1-3-10-26/h4-8,14-15,17H,1-3,9-13,16H2,(H,25,29)/t17-/m1/s1. The highest BCUT2D eigenvalue weighted by Crippen LogP contribution is 2.36. The Kier molecular flexibility index (Phi) is 6.18. The lowest BCUT2D eigenvalue weighted by atomic mass is 10.1. The van der Waals surface area contributed by atoms with E-state index < -0.39 is 15.9 Å². The van der Waals surface area contributed by atoms with Gasteiger partial charge in [-0.15, -0.1) is 0 Å². The molecule has 2 fully saturated rings. The maximum atomic E-state index is 13.0. The monoisotopic (exact) mass is 485 g/mol. The summed E-state index contributed by atoms with van der Waals surface area (Å²) in [6.45, 7) is 2.19. The van der Waals surface area contributed by atoms with Crippen molar-refractivity contribution in [2.24, 2.45) is 5.92 Å². The molecule has 1 N–H and O–H groups in total. The van der Waals surface area contributed by atoms with Gasteiger partial charge in [-0.3, -0.25) is 9.59 Å². The highest BCUT2D eigenvalue weighted by atomic mass is 32.2. The number of anilines is 2. The van der Waals surface area contributed by atoms with Crippen molar-refractivity contribution >= 4 is 33.2 Å². The van der Waals surface area contributed by atoms with E-state index in [1.165, 1.54) is 10.4 Å². The second-order valence-electron chi connectivity index (χ2n) is 8.72. The number of piperidine rings is 1. The van der Waals surface area contributed by atoms with Gasteiger partial charge in [0.2, 0.25) is 21.8 Å². The summed E-state index contributed by atoms with van der Waals surface area (Å²) in [4.78, 5) is 27.3. The first-order chi connectivity index (χ1) is 16.4. The average Bonchev–Trinajstić information content (AvgIpc) is 3.26. The van der Waals surface area contributed by atoms with Gasteiger partial charge in [-0.25, -0.2) is 8.42 Å². The molecule has 2 aromatic carbocycles. The van der Waals surface area contributed by atoms with E-state index in [1.54, 1.807) is 41.3 Å². The largest absolute Gasteiger partial charge is 0.486 e. The Balaban J connectivity index is 1.27. The molecule has 0 saturated carbocycles.